The van der Waals surface area contributed by atoms with Gasteiger partial charge in [-0.05, 0) is 52.6 Å². The van der Waals surface area contributed by atoms with Crippen molar-refractivity contribution in [1.29, 1.82) is 0 Å². The Morgan fingerprint density at radius 1 is 0.714 bits per heavy atom. The third-order valence-corrected chi connectivity index (χ3v) is 3.08. The summed E-state index contributed by atoms with van der Waals surface area (Å²) in [6.07, 6.45) is 7.14. The standard InChI is InChI=1S/C16H31NO4/c1-3-20-15(18)11-7-5-9-13-17-14-10-6-8-12-16(19)21-4-2/h17H,3-14H2,1-2H3. The fourth-order valence-electron chi connectivity index (χ4n) is 1.98. The first kappa shape index (κ1) is 19.9. The molecule has 0 unspecified atom stereocenters. The van der Waals surface area contributed by atoms with Gasteiger partial charge in [0.1, 0.15) is 0 Å². The van der Waals surface area contributed by atoms with Crippen LogP contribution in [0.1, 0.15) is 65.2 Å². The van der Waals surface area contributed by atoms with Crippen molar-refractivity contribution in [2.45, 2.75) is 65.2 Å². The van der Waals surface area contributed by atoms with Gasteiger partial charge in [-0.15, -0.1) is 0 Å². The molecule has 0 aromatic carbocycles. The van der Waals surface area contributed by atoms with Gasteiger partial charge in [0.2, 0.25) is 0 Å². The average Bonchev–Trinajstić information content (AvgIpc) is 2.45. The maximum Gasteiger partial charge on any atom is 0.305 e. The van der Waals surface area contributed by atoms with Crippen LogP contribution in [-0.4, -0.2) is 38.2 Å². The zero-order chi connectivity index (χ0) is 15.8. The first-order valence-corrected chi connectivity index (χ1v) is 8.22. The van der Waals surface area contributed by atoms with E-state index in [-0.39, 0.29) is 11.9 Å². The van der Waals surface area contributed by atoms with Crippen LogP contribution in [-0.2, 0) is 19.1 Å². The van der Waals surface area contributed by atoms with E-state index < -0.39 is 0 Å². The highest BCUT2D eigenvalue weighted by Crippen LogP contribution is 2.02. The van der Waals surface area contributed by atoms with Crippen molar-refractivity contribution in [1.82, 2.24) is 5.32 Å². The second-order valence-electron chi connectivity index (χ2n) is 4.98. The van der Waals surface area contributed by atoms with Crippen molar-refractivity contribution in [3.63, 3.8) is 0 Å². The largest absolute Gasteiger partial charge is 0.466 e. The Bertz CT molecular complexity index is 243. The van der Waals surface area contributed by atoms with E-state index >= 15 is 0 Å². The highest BCUT2D eigenvalue weighted by atomic mass is 16.5. The molecule has 5 heteroatoms. The van der Waals surface area contributed by atoms with E-state index in [4.69, 9.17) is 9.47 Å². The molecule has 0 radical (unpaired) electrons. The van der Waals surface area contributed by atoms with E-state index in [1.807, 2.05) is 13.8 Å². The lowest BCUT2D eigenvalue weighted by Crippen LogP contribution is -2.16. The van der Waals surface area contributed by atoms with Crippen molar-refractivity contribution in [3.8, 4) is 0 Å². The fourth-order valence-corrected chi connectivity index (χ4v) is 1.98. The zero-order valence-electron chi connectivity index (χ0n) is 13.6. The van der Waals surface area contributed by atoms with Gasteiger partial charge in [0.05, 0.1) is 13.2 Å². The lowest BCUT2D eigenvalue weighted by molar-refractivity contribution is -0.144. The van der Waals surface area contributed by atoms with E-state index in [9.17, 15) is 9.59 Å². The zero-order valence-corrected chi connectivity index (χ0v) is 13.6. The maximum atomic E-state index is 11.1. The Morgan fingerprint density at radius 2 is 1.14 bits per heavy atom. The van der Waals surface area contributed by atoms with Crippen LogP contribution in [0.4, 0.5) is 0 Å². The Morgan fingerprint density at radius 3 is 1.52 bits per heavy atom. The maximum absolute atomic E-state index is 11.1. The molecule has 0 aliphatic rings. The van der Waals surface area contributed by atoms with Gasteiger partial charge in [-0.2, -0.15) is 0 Å². The van der Waals surface area contributed by atoms with Crippen molar-refractivity contribution < 1.29 is 19.1 Å². The van der Waals surface area contributed by atoms with Gasteiger partial charge in [-0.25, -0.2) is 0 Å². The van der Waals surface area contributed by atoms with Gasteiger partial charge in [0.15, 0.2) is 0 Å². The molecule has 5 nitrogen and oxygen atoms in total. The van der Waals surface area contributed by atoms with Gasteiger partial charge >= 0.3 is 11.9 Å². The lowest BCUT2D eigenvalue weighted by atomic mass is 10.2. The molecule has 0 amide bonds. The Labute approximate surface area is 128 Å². The summed E-state index contributed by atoms with van der Waals surface area (Å²) in [4.78, 5) is 22.2. The minimum atomic E-state index is -0.0907. The summed E-state index contributed by atoms with van der Waals surface area (Å²) in [5, 5.41) is 3.38. The van der Waals surface area contributed by atoms with Crippen LogP contribution < -0.4 is 5.32 Å². The van der Waals surface area contributed by atoms with Crippen LogP contribution in [0.25, 0.3) is 0 Å². The van der Waals surface area contributed by atoms with Crippen molar-refractivity contribution in [3.05, 3.63) is 0 Å². The van der Waals surface area contributed by atoms with Crippen LogP contribution in [0.3, 0.4) is 0 Å². The number of ether oxygens (including phenoxy) is 2. The fraction of sp³-hybridized carbons (Fsp3) is 0.875. The molecule has 0 aliphatic heterocycles. The first-order valence-electron chi connectivity index (χ1n) is 8.22. The Balaban J connectivity index is 3.12. The molecule has 0 heterocycles. The molecule has 124 valence electrons. The second-order valence-corrected chi connectivity index (χ2v) is 4.98. The van der Waals surface area contributed by atoms with E-state index in [0.717, 1.165) is 51.6 Å². The molecule has 0 rings (SSSR count). The van der Waals surface area contributed by atoms with Gasteiger partial charge in [0, 0.05) is 12.8 Å². The molecule has 0 aromatic rings. The Kier molecular flexibility index (Phi) is 14.5. The third-order valence-electron chi connectivity index (χ3n) is 3.08. The topological polar surface area (TPSA) is 64.6 Å². The number of hydrogen-bond acceptors (Lipinski definition) is 5. The van der Waals surface area contributed by atoms with Crippen molar-refractivity contribution >= 4 is 11.9 Å². The molecule has 0 aromatic heterocycles. The third kappa shape index (κ3) is 15.1. The van der Waals surface area contributed by atoms with Crippen LogP contribution in [0, 0.1) is 0 Å². The predicted octanol–water partition coefficient (Wildman–Crippen LogP) is 2.82. The van der Waals surface area contributed by atoms with Gasteiger partial charge < -0.3 is 14.8 Å². The van der Waals surface area contributed by atoms with Crippen LogP contribution in [0.2, 0.25) is 0 Å². The molecule has 0 saturated heterocycles. The first-order chi connectivity index (χ1) is 10.2. The molecule has 0 saturated carbocycles. The number of carbonyl (C=O) groups excluding carboxylic acids is 2. The predicted molar refractivity (Wildman–Crippen MR) is 83.1 cm³/mol. The van der Waals surface area contributed by atoms with Gasteiger partial charge in [0.25, 0.3) is 0 Å². The summed E-state index contributed by atoms with van der Waals surface area (Å²) in [5.74, 6) is -0.181. The SMILES string of the molecule is CCOC(=O)CCCCCNCCCCCC(=O)OCC. The molecule has 0 atom stereocenters. The quantitative estimate of drug-likeness (QED) is 0.395. The van der Waals surface area contributed by atoms with Gasteiger partial charge in [-0.1, -0.05) is 12.8 Å². The smallest absolute Gasteiger partial charge is 0.305 e. The van der Waals surface area contributed by atoms with E-state index in [1.54, 1.807) is 0 Å². The molecule has 0 bridgehead atoms. The molecule has 0 spiro atoms. The van der Waals surface area contributed by atoms with Crippen molar-refractivity contribution in [2.24, 2.45) is 0 Å². The van der Waals surface area contributed by atoms with Gasteiger partial charge in [-0.3, -0.25) is 9.59 Å². The Hall–Kier alpha value is -1.10. The normalized spacial score (nSPS) is 10.4. The number of rotatable bonds is 14. The molecule has 0 aliphatic carbocycles. The highest BCUT2D eigenvalue weighted by Gasteiger charge is 2.01. The summed E-state index contributed by atoms with van der Waals surface area (Å²) in [6, 6.07) is 0. The molecular formula is C16H31NO4. The van der Waals surface area contributed by atoms with Crippen LogP contribution >= 0.6 is 0 Å². The number of esters is 2. The number of nitrogens with one attached hydrogen (secondary N) is 1. The average molecular weight is 301 g/mol. The number of hydrogen-bond donors (Lipinski definition) is 1. The second kappa shape index (κ2) is 15.3. The summed E-state index contributed by atoms with van der Waals surface area (Å²) >= 11 is 0. The molecule has 21 heavy (non-hydrogen) atoms. The molecule has 1 N–H and O–H groups in total. The van der Waals surface area contributed by atoms with E-state index in [0.29, 0.717) is 26.1 Å². The minimum absolute atomic E-state index is 0.0907. The lowest BCUT2D eigenvalue weighted by Gasteiger charge is -2.05. The summed E-state index contributed by atoms with van der Waals surface area (Å²) < 4.78 is 9.74. The van der Waals surface area contributed by atoms with E-state index in [1.165, 1.54) is 0 Å². The monoisotopic (exact) mass is 301 g/mol. The highest BCUT2D eigenvalue weighted by molar-refractivity contribution is 5.69. The molecular weight excluding hydrogens is 270 g/mol. The van der Waals surface area contributed by atoms with Crippen LogP contribution in [0.15, 0.2) is 0 Å². The summed E-state index contributed by atoms with van der Waals surface area (Å²) in [6.45, 7) is 6.57. The summed E-state index contributed by atoms with van der Waals surface area (Å²) in [7, 11) is 0. The van der Waals surface area contributed by atoms with E-state index in [2.05, 4.69) is 5.32 Å². The minimum Gasteiger partial charge on any atom is -0.466 e. The number of carbonyl (C=O) groups is 2. The van der Waals surface area contributed by atoms with Crippen LogP contribution in [0.5, 0.6) is 0 Å². The number of unbranched alkanes of at least 4 members (excludes halogenated alkanes) is 4. The summed E-state index contributed by atoms with van der Waals surface area (Å²) in [5.41, 5.74) is 0. The van der Waals surface area contributed by atoms with Crippen molar-refractivity contribution in [2.75, 3.05) is 26.3 Å². The molecule has 0 fully saturated rings.